The van der Waals surface area contributed by atoms with Gasteiger partial charge < -0.3 is 5.32 Å². The first-order chi connectivity index (χ1) is 9.72. The summed E-state index contributed by atoms with van der Waals surface area (Å²) in [7, 11) is 2.00. The standard InChI is InChI=1S/C17H31N3/c1-4-14-7-6-8-16(11-14)17(18-5-2)10-9-15-12-19-20(3)13-15/h12-14,16-18H,4-11H2,1-3H3. The first-order valence-electron chi connectivity index (χ1n) is 8.43. The first kappa shape index (κ1) is 15.6. The fourth-order valence-corrected chi connectivity index (χ4v) is 3.76. The van der Waals surface area contributed by atoms with Crippen LogP contribution in [-0.4, -0.2) is 22.4 Å². The molecule has 0 aliphatic heterocycles. The lowest BCUT2D eigenvalue weighted by atomic mass is 9.75. The maximum absolute atomic E-state index is 4.27. The number of aromatic nitrogens is 2. The second-order valence-electron chi connectivity index (χ2n) is 6.43. The fraction of sp³-hybridized carbons (Fsp3) is 0.824. The zero-order valence-electron chi connectivity index (χ0n) is 13.4. The van der Waals surface area contributed by atoms with E-state index in [4.69, 9.17) is 0 Å². The molecule has 1 aromatic heterocycles. The van der Waals surface area contributed by atoms with Crippen molar-refractivity contribution in [2.75, 3.05) is 6.54 Å². The molecule has 114 valence electrons. The SMILES string of the molecule is CCNC(CCc1cnn(C)c1)C1CCCC(CC)C1. The molecule has 2 rings (SSSR count). The highest BCUT2D eigenvalue weighted by molar-refractivity contribution is 5.04. The Kier molecular flexibility index (Phi) is 6.08. The Hall–Kier alpha value is -0.830. The van der Waals surface area contributed by atoms with Gasteiger partial charge in [-0.1, -0.05) is 33.1 Å². The van der Waals surface area contributed by atoms with Gasteiger partial charge in [0.05, 0.1) is 6.20 Å². The molecule has 3 nitrogen and oxygen atoms in total. The van der Waals surface area contributed by atoms with Crippen LogP contribution in [0.15, 0.2) is 12.4 Å². The molecule has 0 saturated heterocycles. The van der Waals surface area contributed by atoms with Gasteiger partial charge in [0.1, 0.15) is 0 Å². The van der Waals surface area contributed by atoms with Crippen LogP contribution in [0.1, 0.15) is 57.9 Å². The number of nitrogens with one attached hydrogen (secondary N) is 1. The third-order valence-electron chi connectivity index (χ3n) is 4.94. The van der Waals surface area contributed by atoms with E-state index in [0.29, 0.717) is 6.04 Å². The third kappa shape index (κ3) is 4.34. The Bertz CT molecular complexity index is 385. The molecule has 0 amide bonds. The Morgan fingerprint density at radius 3 is 2.90 bits per heavy atom. The van der Waals surface area contributed by atoms with Crippen molar-refractivity contribution in [2.45, 2.75) is 64.8 Å². The van der Waals surface area contributed by atoms with Gasteiger partial charge in [0.25, 0.3) is 0 Å². The molecule has 0 radical (unpaired) electrons. The molecular formula is C17H31N3. The molecule has 3 unspecified atom stereocenters. The van der Waals surface area contributed by atoms with Crippen molar-refractivity contribution >= 4 is 0 Å². The molecule has 20 heavy (non-hydrogen) atoms. The summed E-state index contributed by atoms with van der Waals surface area (Å²) >= 11 is 0. The molecule has 1 aliphatic carbocycles. The summed E-state index contributed by atoms with van der Waals surface area (Å²) < 4.78 is 1.91. The van der Waals surface area contributed by atoms with Gasteiger partial charge in [-0.05, 0) is 49.6 Å². The van der Waals surface area contributed by atoms with Crippen LogP contribution in [-0.2, 0) is 13.5 Å². The molecule has 3 heteroatoms. The maximum Gasteiger partial charge on any atom is 0.0521 e. The van der Waals surface area contributed by atoms with Gasteiger partial charge in [0.2, 0.25) is 0 Å². The lowest BCUT2D eigenvalue weighted by molar-refractivity contribution is 0.203. The quantitative estimate of drug-likeness (QED) is 0.826. The molecule has 1 heterocycles. The summed E-state index contributed by atoms with van der Waals surface area (Å²) in [6, 6.07) is 0.689. The summed E-state index contributed by atoms with van der Waals surface area (Å²) in [6.45, 7) is 5.67. The highest BCUT2D eigenvalue weighted by atomic mass is 15.2. The minimum atomic E-state index is 0.689. The van der Waals surface area contributed by atoms with E-state index in [1.807, 2.05) is 17.9 Å². The zero-order valence-corrected chi connectivity index (χ0v) is 13.4. The minimum Gasteiger partial charge on any atom is -0.314 e. The maximum atomic E-state index is 4.27. The van der Waals surface area contributed by atoms with Crippen molar-refractivity contribution in [1.82, 2.24) is 15.1 Å². The van der Waals surface area contributed by atoms with Crippen molar-refractivity contribution in [3.05, 3.63) is 18.0 Å². The van der Waals surface area contributed by atoms with E-state index < -0.39 is 0 Å². The normalized spacial score (nSPS) is 24.8. The largest absolute Gasteiger partial charge is 0.314 e. The van der Waals surface area contributed by atoms with Crippen LogP contribution in [0.25, 0.3) is 0 Å². The van der Waals surface area contributed by atoms with E-state index in [0.717, 1.165) is 24.8 Å². The Labute approximate surface area is 124 Å². The molecule has 3 atom stereocenters. The number of hydrogen-bond acceptors (Lipinski definition) is 2. The topological polar surface area (TPSA) is 29.9 Å². The molecule has 0 bridgehead atoms. The predicted molar refractivity (Wildman–Crippen MR) is 84.7 cm³/mol. The number of aryl methyl sites for hydroxylation is 2. The van der Waals surface area contributed by atoms with Crippen molar-refractivity contribution in [1.29, 1.82) is 0 Å². The fourth-order valence-electron chi connectivity index (χ4n) is 3.76. The van der Waals surface area contributed by atoms with Crippen molar-refractivity contribution < 1.29 is 0 Å². The van der Waals surface area contributed by atoms with Crippen LogP contribution in [0.3, 0.4) is 0 Å². The van der Waals surface area contributed by atoms with Crippen LogP contribution in [0.5, 0.6) is 0 Å². The van der Waals surface area contributed by atoms with Crippen LogP contribution in [0.4, 0.5) is 0 Å². The van der Waals surface area contributed by atoms with Crippen molar-refractivity contribution in [3.63, 3.8) is 0 Å². The van der Waals surface area contributed by atoms with E-state index in [9.17, 15) is 0 Å². The van der Waals surface area contributed by atoms with Crippen molar-refractivity contribution in [3.8, 4) is 0 Å². The van der Waals surface area contributed by atoms with E-state index in [1.54, 1.807) is 0 Å². The van der Waals surface area contributed by atoms with Crippen LogP contribution in [0.2, 0.25) is 0 Å². The second kappa shape index (κ2) is 7.82. The summed E-state index contributed by atoms with van der Waals surface area (Å²) in [4.78, 5) is 0. The molecule has 0 spiro atoms. The molecule has 1 N–H and O–H groups in total. The first-order valence-corrected chi connectivity index (χ1v) is 8.43. The van der Waals surface area contributed by atoms with Gasteiger partial charge in [-0.2, -0.15) is 5.10 Å². The van der Waals surface area contributed by atoms with Gasteiger partial charge in [0, 0.05) is 19.3 Å². The van der Waals surface area contributed by atoms with Crippen LogP contribution >= 0.6 is 0 Å². The summed E-state index contributed by atoms with van der Waals surface area (Å²) in [5.41, 5.74) is 1.37. The molecule has 1 fully saturated rings. The van der Waals surface area contributed by atoms with Gasteiger partial charge in [-0.15, -0.1) is 0 Å². The number of rotatable bonds is 7. The average molecular weight is 277 g/mol. The van der Waals surface area contributed by atoms with E-state index in [2.05, 4.69) is 30.5 Å². The van der Waals surface area contributed by atoms with Gasteiger partial charge >= 0.3 is 0 Å². The predicted octanol–water partition coefficient (Wildman–Crippen LogP) is 3.55. The summed E-state index contributed by atoms with van der Waals surface area (Å²) in [5, 5.41) is 8.02. The highest BCUT2D eigenvalue weighted by Gasteiger charge is 2.27. The van der Waals surface area contributed by atoms with E-state index >= 15 is 0 Å². The summed E-state index contributed by atoms with van der Waals surface area (Å²) in [5.74, 6) is 1.85. The van der Waals surface area contributed by atoms with Crippen LogP contribution in [0, 0.1) is 11.8 Å². The van der Waals surface area contributed by atoms with Gasteiger partial charge in [-0.25, -0.2) is 0 Å². The van der Waals surface area contributed by atoms with E-state index in [1.165, 1.54) is 44.1 Å². The highest BCUT2D eigenvalue weighted by Crippen LogP contribution is 2.34. The molecular weight excluding hydrogens is 246 g/mol. The second-order valence-corrected chi connectivity index (χ2v) is 6.43. The molecule has 1 aromatic rings. The number of hydrogen-bond donors (Lipinski definition) is 1. The Morgan fingerprint density at radius 1 is 1.40 bits per heavy atom. The molecule has 0 aromatic carbocycles. The monoisotopic (exact) mass is 277 g/mol. The molecule has 1 aliphatic rings. The van der Waals surface area contributed by atoms with E-state index in [-0.39, 0.29) is 0 Å². The minimum absolute atomic E-state index is 0.689. The summed E-state index contributed by atoms with van der Waals surface area (Å²) in [6.07, 6.45) is 13.7. The van der Waals surface area contributed by atoms with Gasteiger partial charge in [-0.3, -0.25) is 4.68 Å². The van der Waals surface area contributed by atoms with Gasteiger partial charge in [0.15, 0.2) is 0 Å². The lowest BCUT2D eigenvalue weighted by Crippen LogP contribution is -2.39. The van der Waals surface area contributed by atoms with Crippen molar-refractivity contribution in [2.24, 2.45) is 18.9 Å². The van der Waals surface area contributed by atoms with Crippen LogP contribution < -0.4 is 5.32 Å². The Morgan fingerprint density at radius 2 is 2.25 bits per heavy atom. The zero-order chi connectivity index (χ0) is 14.4. The molecule has 1 saturated carbocycles. The third-order valence-corrected chi connectivity index (χ3v) is 4.94. The Balaban J connectivity index is 1.88. The average Bonchev–Trinajstić information content (AvgIpc) is 2.89. The lowest BCUT2D eigenvalue weighted by Gasteiger charge is -2.35. The smallest absolute Gasteiger partial charge is 0.0521 e. The number of nitrogens with zero attached hydrogens (tertiary/aromatic N) is 2.